The van der Waals surface area contributed by atoms with Crippen LogP contribution in [0.25, 0.3) is 0 Å². The molecule has 0 saturated carbocycles. The highest BCUT2D eigenvalue weighted by molar-refractivity contribution is 5.94. The first kappa shape index (κ1) is 15.0. The van der Waals surface area contributed by atoms with E-state index in [2.05, 4.69) is 10.2 Å². The molecule has 0 aliphatic carbocycles. The minimum atomic E-state index is -0.111. The van der Waals surface area contributed by atoms with Crippen LogP contribution in [0.2, 0.25) is 0 Å². The Morgan fingerprint density at radius 1 is 1.50 bits per heavy atom. The fourth-order valence-corrected chi connectivity index (χ4v) is 2.71. The summed E-state index contributed by atoms with van der Waals surface area (Å²) in [5.41, 5.74) is 2.33. The molecule has 0 unspecified atom stereocenters. The van der Waals surface area contributed by atoms with Gasteiger partial charge in [0.15, 0.2) is 5.69 Å². The van der Waals surface area contributed by atoms with Crippen LogP contribution in [0.4, 0.5) is 0 Å². The molecule has 1 aromatic heterocycles. The fraction of sp³-hybridized carbons (Fsp3) is 0.714. The van der Waals surface area contributed by atoms with Gasteiger partial charge in [0.05, 0.1) is 24.5 Å². The number of aliphatic hydroxyl groups is 1. The number of ether oxygens (including phenoxy) is 1. The predicted octanol–water partition coefficient (Wildman–Crippen LogP) is 1.28. The van der Waals surface area contributed by atoms with Gasteiger partial charge in [-0.2, -0.15) is 5.10 Å². The lowest BCUT2D eigenvalue weighted by Gasteiger charge is -2.26. The highest BCUT2D eigenvalue weighted by Crippen LogP contribution is 2.30. The van der Waals surface area contributed by atoms with Crippen molar-refractivity contribution >= 4 is 5.91 Å². The zero-order chi connectivity index (χ0) is 14.7. The summed E-state index contributed by atoms with van der Waals surface area (Å²) < 4.78 is 5.73. The van der Waals surface area contributed by atoms with Crippen LogP contribution in [-0.4, -0.2) is 51.9 Å². The third kappa shape index (κ3) is 2.86. The summed E-state index contributed by atoms with van der Waals surface area (Å²) in [7, 11) is 0. The lowest BCUT2D eigenvalue weighted by Crippen LogP contribution is -2.35. The number of H-pyrrole nitrogens is 1. The van der Waals surface area contributed by atoms with Gasteiger partial charge in [0.1, 0.15) is 0 Å². The molecular weight excluding hydrogens is 258 g/mol. The fourth-order valence-electron chi connectivity index (χ4n) is 2.71. The highest BCUT2D eigenvalue weighted by Gasteiger charge is 2.31. The molecule has 0 aromatic carbocycles. The summed E-state index contributed by atoms with van der Waals surface area (Å²) in [6.07, 6.45) is 1.56. The second-order valence-electron chi connectivity index (χ2n) is 5.27. The number of carbonyl (C=O) groups excluding carboxylic acids is 1. The number of aliphatic hydroxyl groups excluding tert-OH is 1. The first-order valence-electron chi connectivity index (χ1n) is 7.21. The monoisotopic (exact) mass is 281 g/mol. The number of fused-ring (bicyclic) bond motifs is 1. The summed E-state index contributed by atoms with van der Waals surface area (Å²) in [6.45, 7) is 6.90. The Balaban J connectivity index is 2.26. The van der Waals surface area contributed by atoms with Crippen LogP contribution >= 0.6 is 0 Å². The van der Waals surface area contributed by atoms with E-state index in [9.17, 15) is 4.79 Å². The maximum absolute atomic E-state index is 12.6. The van der Waals surface area contributed by atoms with E-state index in [4.69, 9.17) is 9.84 Å². The lowest BCUT2D eigenvalue weighted by atomic mass is 9.99. The van der Waals surface area contributed by atoms with E-state index in [0.29, 0.717) is 25.2 Å². The first-order chi connectivity index (χ1) is 9.58. The molecule has 1 aromatic rings. The van der Waals surface area contributed by atoms with Crippen molar-refractivity contribution < 1.29 is 14.6 Å². The Bertz CT molecular complexity index is 466. The molecule has 1 amide bonds. The number of hydrogen-bond acceptors (Lipinski definition) is 4. The number of rotatable bonds is 5. The molecule has 6 nitrogen and oxygen atoms in total. The van der Waals surface area contributed by atoms with Crippen molar-refractivity contribution in [3.05, 3.63) is 17.0 Å². The molecule has 20 heavy (non-hydrogen) atoms. The molecule has 2 rings (SSSR count). The molecule has 0 saturated heterocycles. The summed E-state index contributed by atoms with van der Waals surface area (Å²) in [4.78, 5) is 14.2. The smallest absolute Gasteiger partial charge is 0.274 e. The van der Waals surface area contributed by atoms with Gasteiger partial charge in [-0.15, -0.1) is 0 Å². The van der Waals surface area contributed by atoms with Gasteiger partial charge in [-0.05, 0) is 20.3 Å². The Labute approximate surface area is 119 Å². The van der Waals surface area contributed by atoms with Crippen LogP contribution in [0.5, 0.6) is 0 Å². The molecule has 2 atom stereocenters. The van der Waals surface area contributed by atoms with Crippen molar-refractivity contribution in [2.45, 2.75) is 45.8 Å². The molecule has 0 spiro atoms. The van der Waals surface area contributed by atoms with Crippen molar-refractivity contribution in [1.29, 1.82) is 0 Å². The number of carbonyl (C=O) groups is 1. The average Bonchev–Trinajstić information content (AvgIpc) is 2.81. The first-order valence-corrected chi connectivity index (χ1v) is 7.21. The maximum atomic E-state index is 12.6. The standard InChI is InChI=1S/C14H23N3O3/c1-4-5-17(6-7-18)14(19)13-11-8-9(2)20-10(3)12(11)15-16-13/h9-10,18H,4-8H2,1-3H3,(H,15,16)/t9-,10+/m0/s1. The molecule has 6 heteroatoms. The third-order valence-electron chi connectivity index (χ3n) is 3.59. The van der Waals surface area contributed by atoms with E-state index < -0.39 is 0 Å². The van der Waals surface area contributed by atoms with Crippen LogP contribution < -0.4 is 0 Å². The number of nitrogens with one attached hydrogen (secondary N) is 1. The van der Waals surface area contributed by atoms with Crippen molar-refractivity contribution in [2.24, 2.45) is 0 Å². The molecule has 1 aliphatic rings. The van der Waals surface area contributed by atoms with Crippen molar-refractivity contribution in [3.8, 4) is 0 Å². The van der Waals surface area contributed by atoms with E-state index in [1.807, 2.05) is 20.8 Å². The number of aromatic amines is 1. The van der Waals surface area contributed by atoms with Crippen molar-refractivity contribution in [3.63, 3.8) is 0 Å². The Morgan fingerprint density at radius 3 is 2.90 bits per heavy atom. The zero-order valence-electron chi connectivity index (χ0n) is 12.3. The lowest BCUT2D eigenvalue weighted by molar-refractivity contribution is -0.00702. The van der Waals surface area contributed by atoms with Gasteiger partial charge in [0.25, 0.3) is 5.91 Å². The van der Waals surface area contributed by atoms with Gasteiger partial charge in [-0.1, -0.05) is 6.92 Å². The minimum absolute atomic E-state index is 0.0335. The van der Waals surface area contributed by atoms with Gasteiger partial charge in [0, 0.05) is 25.1 Å². The zero-order valence-corrected chi connectivity index (χ0v) is 12.3. The van der Waals surface area contributed by atoms with E-state index >= 15 is 0 Å². The van der Waals surface area contributed by atoms with Crippen LogP contribution in [0.3, 0.4) is 0 Å². The molecule has 112 valence electrons. The SMILES string of the molecule is CCCN(CCO)C(=O)c1n[nH]c2c1C[C@H](C)O[C@@H]2C. The second-order valence-corrected chi connectivity index (χ2v) is 5.27. The molecule has 0 bridgehead atoms. The average molecular weight is 281 g/mol. The molecule has 2 N–H and O–H groups in total. The molecular formula is C14H23N3O3. The molecule has 1 aliphatic heterocycles. The number of aromatic nitrogens is 2. The summed E-state index contributed by atoms with van der Waals surface area (Å²) in [5, 5.41) is 16.2. The number of amides is 1. The molecule has 2 heterocycles. The maximum Gasteiger partial charge on any atom is 0.274 e. The quantitative estimate of drug-likeness (QED) is 0.852. The third-order valence-corrected chi connectivity index (χ3v) is 3.59. The molecule has 0 radical (unpaired) electrons. The summed E-state index contributed by atoms with van der Waals surface area (Å²) >= 11 is 0. The van der Waals surface area contributed by atoms with E-state index in [-0.39, 0.29) is 24.7 Å². The van der Waals surface area contributed by atoms with Gasteiger partial charge < -0.3 is 14.7 Å². The van der Waals surface area contributed by atoms with Crippen LogP contribution in [0.1, 0.15) is 55.0 Å². The van der Waals surface area contributed by atoms with Crippen molar-refractivity contribution in [2.75, 3.05) is 19.7 Å². The second kappa shape index (κ2) is 6.37. The number of hydrogen-bond donors (Lipinski definition) is 2. The van der Waals surface area contributed by atoms with E-state index in [1.54, 1.807) is 4.90 Å². The largest absolute Gasteiger partial charge is 0.395 e. The summed E-state index contributed by atoms with van der Waals surface area (Å²) in [5.74, 6) is -0.111. The minimum Gasteiger partial charge on any atom is -0.395 e. The van der Waals surface area contributed by atoms with Gasteiger partial charge in [-0.25, -0.2) is 0 Å². The van der Waals surface area contributed by atoms with E-state index in [0.717, 1.165) is 17.7 Å². The number of nitrogens with zero attached hydrogens (tertiary/aromatic N) is 2. The van der Waals surface area contributed by atoms with Crippen molar-refractivity contribution in [1.82, 2.24) is 15.1 Å². The van der Waals surface area contributed by atoms with E-state index in [1.165, 1.54) is 0 Å². The van der Waals surface area contributed by atoms with Crippen LogP contribution in [0, 0.1) is 0 Å². The highest BCUT2D eigenvalue weighted by atomic mass is 16.5. The Hall–Kier alpha value is -1.40. The van der Waals surface area contributed by atoms with Gasteiger partial charge in [0.2, 0.25) is 0 Å². The normalized spacial score (nSPS) is 21.6. The van der Waals surface area contributed by atoms with Crippen LogP contribution in [-0.2, 0) is 11.2 Å². The Morgan fingerprint density at radius 2 is 2.25 bits per heavy atom. The summed E-state index contributed by atoms with van der Waals surface area (Å²) in [6, 6.07) is 0. The van der Waals surface area contributed by atoms with Crippen LogP contribution in [0.15, 0.2) is 0 Å². The topological polar surface area (TPSA) is 78.5 Å². The molecule has 0 fully saturated rings. The predicted molar refractivity (Wildman–Crippen MR) is 74.5 cm³/mol. The van der Waals surface area contributed by atoms with Gasteiger partial charge in [-0.3, -0.25) is 9.89 Å². The van der Waals surface area contributed by atoms with Gasteiger partial charge >= 0.3 is 0 Å². The Kier molecular flexibility index (Phi) is 4.77.